The van der Waals surface area contributed by atoms with Crippen LogP contribution in [0.1, 0.15) is 32.6 Å². The Morgan fingerprint density at radius 2 is 2.33 bits per heavy atom. The van der Waals surface area contributed by atoms with Crippen molar-refractivity contribution in [2.45, 2.75) is 37.9 Å². The Kier molecular flexibility index (Phi) is 6.28. The summed E-state index contributed by atoms with van der Waals surface area (Å²) in [4.78, 5) is 0. The normalized spacial score (nSPS) is 13.1. The van der Waals surface area contributed by atoms with Crippen LogP contribution in [0, 0.1) is 0 Å². The Bertz CT molecular complexity index is 69.0. The quantitative estimate of drug-likeness (QED) is 0.518. The lowest BCUT2D eigenvalue weighted by molar-refractivity contribution is 0.691. The number of unbranched alkanes of at least 4 members (excludes halogenated alkanes) is 1. The van der Waals surface area contributed by atoms with E-state index >= 15 is 0 Å². The molecule has 0 aliphatic rings. The molecule has 0 saturated carbocycles. The van der Waals surface area contributed by atoms with Gasteiger partial charge in [-0.3, -0.25) is 0 Å². The van der Waals surface area contributed by atoms with E-state index < -0.39 is 0 Å². The monoisotopic (exact) mass is 143 g/mol. The van der Waals surface area contributed by atoms with Gasteiger partial charge in [0.1, 0.15) is 0 Å². The van der Waals surface area contributed by atoms with E-state index in [1.165, 1.54) is 19.3 Å². The first-order chi connectivity index (χ1) is 4.31. The second-order valence-electron chi connectivity index (χ2n) is 2.29. The smallest absolute Gasteiger partial charge is 0.0185 e. The molecular formula is C8H15S. The predicted molar refractivity (Wildman–Crippen MR) is 45.7 cm³/mol. The van der Waals surface area contributed by atoms with Gasteiger partial charge in [-0.2, -0.15) is 0 Å². The summed E-state index contributed by atoms with van der Waals surface area (Å²) in [7, 11) is 0. The molecule has 0 saturated heterocycles. The molecule has 0 bridgehead atoms. The molecule has 53 valence electrons. The van der Waals surface area contributed by atoms with Crippen molar-refractivity contribution in [3.05, 3.63) is 12.7 Å². The molecular weight excluding hydrogens is 128 g/mol. The molecule has 0 amide bonds. The van der Waals surface area contributed by atoms with Crippen molar-refractivity contribution in [1.29, 1.82) is 0 Å². The van der Waals surface area contributed by atoms with Gasteiger partial charge in [0.2, 0.25) is 0 Å². The Balaban J connectivity index is 3.04. The highest BCUT2D eigenvalue weighted by molar-refractivity contribution is 7.80. The standard InChI is InChI=1S/C8H15S/c1-3-5-7-8(9)6-4-2/h4,8H,2-3,5-7H2,1H3. The zero-order valence-corrected chi connectivity index (χ0v) is 6.91. The van der Waals surface area contributed by atoms with Crippen molar-refractivity contribution in [3.8, 4) is 0 Å². The van der Waals surface area contributed by atoms with Crippen molar-refractivity contribution in [2.24, 2.45) is 0 Å². The molecule has 0 heterocycles. The topological polar surface area (TPSA) is 0 Å². The molecule has 1 heteroatoms. The average molecular weight is 143 g/mol. The first-order valence-corrected chi connectivity index (χ1v) is 4.05. The Hall–Kier alpha value is 0.0900. The highest BCUT2D eigenvalue weighted by Gasteiger charge is 1.98. The van der Waals surface area contributed by atoms with Crippen LogP contribution in [0.15, 0.2) is 12.7 Å². The summed E-state index contributed by atoms with van der Waals surface area (Å²) in [5.41, 5.74) is 0. The van der Waals surface area contributed by atoms with Gasteiger partial charge < -0.3 is 0 Å². The number of hydrogen-bond donors (Lipinski definition) is 0. The van der Waals surface area contributed by atoms with Crippen molar-refractivity contribution in [1.82, 2.24) is 0 Å². The van der Waals surface area contributed by atoms with Crippen LogP contribution in [0.2, 0.25) is 0 Å². The lowest BCUT2D eigenvalue weighted by atomic mass is 10.1. The zero-order valence-electron chi connectivity index (χ0n) is 6.10. The number of rotatable bonds is 5. The van der Waals surface area contributed by atoms with Gasteiger partial charge in [-0.25, -0.2) is 0 Å². The molecule has 0 rings (SSSR count). The molecule has 9 heavy (non-hydrogen) atoms. The third kappa shape index (κ3) is 5.97. The summed E-state index contributed by atoms with van der Waals surface area (Å²) in [6.45, 7) is 5.83. The van der Waals surface area contributed by atoms with Crippen molar-refractivity contribution in [2.75, 3.05) is 0 Å². The Morgan fingerprint density at radius 1 is 1.67 bits per heavy atom. The van der Waals surface area contributed by atoms with Crippen molar-refractivity contribution < 1.29 is 0 Å². The predicted octanol–water partition coefficient (Wildman–Crippen LogP) is 3.32. The fraction of sp³-hybridized carbons (Fsp3) is 0.750. The summed E-state index contributed by atoms with van der Waals surface area (Å²) < 4.78 is 0. The number of hydrogen-bond acceptors (Lipinski definition) is 0. The minimum atomic E-state index is 0.433. The number of allylic oxidation sites excluding steroid dienone is 1. The highest BCUT2D eigenvalue weighted by atomic mass is 32.1. The zero-order chi connectivity index (χ0) is 7.11. The van der Waals surface area contributed by atoms with Crippen LogP contribution in [0.4, 0.5) is 0 Å². The van der Waals surface area contributed by atoms with Crippen LogP contribution in [0.3, 0.4) is 0 Å². The maximum atomic E-state index is 5.13. The van der Waals surface area contributed by atoms with Crippen LogP contribution in [0.5, 0.6) is 0 Å². The second-order valence-corrected chi connectivity index (χ2v) is 2.96. The molecule has 1 atom stereocenters. The minimum absolute atomic E-state index is 0.433. The molecule has 0 nitrogen and oxygen atoms in total. The molecule has 0 aliphatic carbocycles. The van der Waals surface area contributed by atoms with Gasteiger partial charge in [-0.05, 0) is 12.8 Å². The molecule has 0 aromatic rings. The van der Waals surface area contributed by atoms with Gasteiger partial charge in [-0.15, -0.1) is 6.58 Å². The van der Waals surface area contributed by atoms with E-state index in [9.17, 15) is 0 Å². The Morgan fingerprint density at radius 3 is 2.78 bits per heavy atom. The second kappa shape index (κ2) is 6.21. The molecule has 0 N–H and O–H groups in total. The van der Waals surface area contributed by atoms with Crippen LogP contribution >= 0.6 is 12.6 Å². The summed E-state index contributed by atoms with van der Waals surface area (Å²) >= 11 is 5.13. The SMILES string of the molecule is C=CCC([S])CCCC. The summed E-state index contributed by atoms with van der Waals surface area (Å²) in [5, 5.41) is 0.433. The van der Waals surface area contributed by atoms with E-state index in [1.807, 2.05) is 6.08 Å². The summed E-state index contributed by atoms with van der Waals surface area (Å²) in [6.07, 6.45) is 6.60. The fourth-order valence-corrected chi connectivity index (χ4v) is 1.04. The maximum Gasteiger partial charge on any atom is 0.0185 e. The van der Waals surface area contributed by atoms with Crippen LogP contribution in [0.25, 0.3) is 0 Å². The van der Waals surface area contributed by atoms with E-state index in [0.717, 1.165) is 6.42 Å². The molecule has 0 fully saturated rings. The molecule has 0 aromatic carbocycles. The average Bonchev–Trinajstić information content (AvgIpc) is 1.85. The third-order valence-corrected chi connectivity index (χ3v) is 1.74. The van der Waals surface area contributed by atoms with Crippen molar-refractivity contribution >= 4 is 12.6 Å². The Labute approximate surface area is 63.8 Å². The van der Waals surface area contributed by atoms with E-state index in [4.69, 9.17) is 12.6 Å². The van der Waals surface area contributed by atoms with Gasteiger partial charge in [-0.1, -0.05) is 38.5 Å². The maximum absolute atomic E-state index is 5.13. The van der Waals surface area contributed by atoms with Crippen LogP contribution < -0.4 is 0 Å². The van der Waals surface area contributed by atoms with E-state index in [1.54, 1.807) is 0 Å². The fourth-order valence-electron chi connectivity index (χ4n) is 0.736. The molecule has 1 radical (unpaired) electrons. The largest absolute Gasteiger partial charge is 0.103 e. The lowest BCUT2D eigenvalue weighted by Crippen LogP contribution is -1.94. The van der Waals surface area contributed by atoms with Gasteiger partial charge in [0.15, 0.2) is 0 Å². The highest BCUT2D eigenvalue weighted by Crippen LogP contribution is 2.10. The van der Waals surface area contributed by atoms with Gasteiger partial charge in [0.25, 0.3) is 0 Å². The summed E-state index contributed by atoms with van der Waals surface area (Å²) in [5.74, 6) is 0. The minimum Gasteiger partial charge on any atom is -0.103 e. The van der Waals surface area contributed by atoms with Crippen molar-refractivity contribution in [3.63, 3.8) is 0 Å². The molecule has 0 aromatic heterocycles. The van der Waals surface area contributed by atoms with Gasteiger partial charge in [0.05, 0.1) is 0 Å². The third-order valence-electron chi connectivity index (χ3n) is 1.31. The van der Waals surface area contributed by atoms with Gasteiger partial charge in [0, 0.05) is 5.25 Å². The molecule has 0 aliphatic heterocycles. The first-order valence-electron chi connectivity index (χ1n) is 3.58. The lowest BCUT2D eigenvalue weighted by Gasteiger charge is -2.03. The van der Waals surface area contributed by atoms with Crippen LogP contribution in [-0.4, -0.2) is 5.25 Å². The van der Waals surface area contributed by atoms with Gasteiger partial charge >= 0.3 is 0 Å². The first kappa shape index (κ1) is 9.09. The van der Waals surface area contributed by atoms with E-state index in [2.05, 4.69) is 13.5 Å². The van der Waals surface area contributed by atoms with E-state index in [0.29, 0.717) is 5.25 Å². The summed E-state index contributed by atoms with van der Waals surface area (Å²) in [6, 6.07) is 0. The molecule has 0 spiro atoms. The van der Waals surface area contributed by atoms with E-state index in [-0.39, 0.29) is 0 Å². The molecule has 1 unspecified atom stereocenters. The van der Waals surface area contributed by atoms with Crippen LogP contribution in [-0.2, 0) is 0 Å².